The normalized spacial score (nSPS) is 11.9. The first kappa shape index (κ1) is 17.8. The topological polar surface area (TPSA) is 74.9 Å². The van der Waals surface area contributed by atoms with E-state index >= 15 is 0 Å². The average Bonchev–Trinajstić information content (AvgIpc) is 3.02. The maximum atomic E-state index is 5.36. The SMILES string of the molecule is CCCCNc1nc(N/C(C=C(C)C)=C(/C)OC)nc2[nH]ccc12. The van der Waals surface area contributed by atoms with E-state index in [-0.39, 0.29) is 0 Å². The predicted molar refractivity (Wildman–Crippen MR) is 100 cm³/mol. The summed E-state index contributed by atoms with van der Waals surface area (Å²) < 4.78 is 5.36. The van der Waals surface area contributed by atoms with Crippen LogP contribution in [0.5, 0.6) is 0 Å². The molecule has 0 unspecified atom stereocenters. The third kappa shape index (κ3) is 4.50. The van der Waals surface area contributed by atoms with Crippen molar-refractivity contribution in [2.75, 3.05) is 24.3 Å². The summed E-state index contributed by atoms with van der Waals surface area (Å²) in [5.41, 5.74) is 2.82. The Morgan fingerprint density at radius 2 is 2.08 bits per heavy atom. The van der Waals surface area contributed by atoms with Crippen molar-refractivity contribution in [2.24, 2.45) is 0 Å². The van der Waals surface area contributed by atoms with Crippen molar-refractivity contribution in [3.05, 3.63) is 35.4 Å². The maximum Gasteiger partial charge on any atom is 0.231 e. The molecule has 0 fully saturated rings. The van der Waals surface area contributed by atoms with Gasteiger partial charge in [-0.15, -0.1) is 0 Å². The number of fused-ring (bicyclic) bond motifs is 1. The number of aromatic amines is 1. The van der Waals surface area contributed by atoms with Crippen LogP contribution in [0.2, 0.25) is 0 Å². The summed E-state index contributed by atoms with van der Waals surface area (Å²) in [4.78, 5) is 12.3. The van der Waals surface area contributed by atoms with Gasteiger partial charge in [-0.2, -0.15) is 9.97 Å². The lowest BCUT2D eigenvalue weighted by Gasteiger charge is -2.12. The van der Waals surface area contributed by atoms with Crippen LogP contribution in [0.1, 0.15) is 40.5 Å². The number of aromatic nitrogens is 3. The number of nitrogens with one attached hydrogen (secondary N) is 3. The molecule has 6 nitrogen and oxygen atoms in total. The zero-order chi connectivity index (χ0) is 17.5. The fourth-order valence-electron chi connectivity index (χ4n) is 2.26. The molecule has 6 heteroatoms. The van der Waals surface area contributed by atoms with Crippen molar-refractivity contribution >= 4 is 22.8 Å². The van der Waals surface area contributed by atoms with Crippen LogP contribution in [0, 0.1) is 0 Å². The summed E-state index contributed by atoms with van der Waals surface area (Å²) in [6.45, 7) is 9.05. The molecule has 0 atom stereocenters. The van der Waals surface area contributed by atoms with Gasteiger partial charge in [0.25, 0.3) is 0 Å². The van der Waals surface area contributed by atoms with E-state index < -0.39 is 0 Å². The summed E-state index contributed by atoms with van der Waals surface area (Å²) in [7, 11) is 1.66. The molecule has 2 aromatic rings. The van der Waals surface area contributed by atoms with Gasteiger partial charge in [-0.3, -0.25) is 0 Å². The molecule has 0 aliphatic carbocycles. The lowest BCUT2D eigenvalue weighted by molar-refractivity contribution is 0.290. The van der Waals surface area contributed by atoms with E-state index in [0.29, 0.717) is 5.95 Å². The van der Waals surface area contributed by atoms with Gasteiger partial charge >= 0.3 is 0 Å². The Hall–Kier alpha value is -2.50. The van der Waals surface area contributed by atoms with Crippen LogP contribution in [-0.4, -0.2) is 28.6 Å². The van der Waals surface area contributed by atoms with E-state index in [1.807, 2.05) is 39.1 Å². The summed E-state index contributed by atoms with van der Waals surface area (Å²) in [5, 5.41) is 7.66. The third-order valence-corrected chi connectivity index (χ3v) is 3.60. The molecular formula is C18H27N5O. The molecule has 0 aliphatic heterocycles. The average molecular weight is 329 g/mol. The minimum absolute atomic E-state index is 0.535. The lowest BCUT2D eigenvalue weighted by Crippen LogP contribution is -2.09. The standard InChI is InChI=1S/C18H27N5O/c1-6-7-9-19-16-14-8-10-20-17(14)23-18(22-16)21-15(11-12(2)3)13(4)24-5/h8,10-11H,6-7,9H2,1-5H3,(H3,19,20,21,22,23)/b15-13-. The molecule has 0 saturated carbocycles. The van der Waals surface area contributed by atoms with Gasteiger partial charge < -0.3 is 20.4 Å². The van der Waals surface area contributed by atoms with Crippen molar-refractivity contribution in [1.82, 2.24) is 15.0 Å². The summed E-state index contributed by atoms with van der Waals surface area (Å²) in [5.74, 6) is 2.16. The molecule has 3 N–H and O–H groups in total. The fourth-order valence-corrected chi connectivity index (χ4v) is 2.26. The number of anilines is 2. The van der Waals surface area contributed by atoms with E-state index in [4.69, 9.17) is 4.74 Å². The Morgan fingerprint density at radius 1 is 1.29 bits per heavy atom. The van der Waals surface area contributed by atoms with Gasteiger partial charge in [-0.1, -0.05) is 18.9 Å². The van der Waals surface area contributed by atoms with Crippen LogP contribution in [0.4, 0.5) is 11.8 Å². The number of H-pyrrole nitrogens is 1. The molecule has 0 bridgehead atoms. The first-order valence-corrected chi connectivity index (χ1v) is 8.31. The first-order chi connectivity index (χ1) is 11.5. The van der Waals surface area contributed by atoms with Crippen LogP contribution in [0.3, 0.4) is 0 Å². The highest BCUT2D eigenvalue weighted by Crippen LogP contribution is 2.22. The first-order valence-electron chi connectivity index (χ1n) is 8.31. The maximum absolute atomic E-state index is 5.36. The Bertz CT molecular complexity index is 741. The summed E-state index contributed by atoms with van der Waals surface area (Å²) in [6, 6.07) is 1.99. The van der Waals surface area contributed by atoms with Gasteiger partial charge in [0.2, 0.25) is 5.95 Å². The Labute approximate surface area is 143 Å². The zero-order valence-electron chi connectivity index (χ0n) is 15.2. The lowest BCUT2D eigenvalue weighted by atomic mass is 10.2. The number of methoxy groups -OCH3 is 1. The van der Waals surface area contributed by atoms with Crippen LogP contribution < -0.4 is 10.6 Å². The number of unbranched alkanes of at least 4 members (excludes halogenated alkanes) is 1. The van der Waals surface area contributed by atoms with Crippen LogP contribution in [-0.2, 0) is 4.74 Å². The smallest absolute Gasteiger partial charge is 0.231 e. The van der Waals surface area contributed by atoms with Gasteiger partial charge in [0, 0.05) is 12.7 Å². The van der Waals surface area contributed by atoms with Crippen molar-refractivity contribution in [1.29, 1.82) is 0 Å². The zero-order valence-corrected chi connectivity index (χ0v) is 15.2. The highest BCUT2D eigenvalue weighted by molar-refractivity contribution is 5.88. The monoisotopic (exact) mass is 329 g/mol. The number of nitrogens with zero attached hydrogens (tertiary/aromatic N) is 2. The van der Waals surface area contributed by atoms with E-state index in [9.17, 15) is 0 Å². The summed E-state index contributed by atoms with van der Waals surface area (Å²) in [6.07, 6.45) is 6.14. The largest absolute Gasteiger partial charge is 0.499 e. The molecule has 24 heavy (non-hydrogen) atoms. The number of ether oxygens (including phenoxy) is 1. The second-order valence-corrected chi connectivity index (χ2v) is 5.94. The van der Waals surface area contributed by atoms with Crippen LogP contribution in [0.25, 0.3) is 11.0 Å². The minimum Gasteiger partial charge on any atom is -0.499 e. The van der Waals surface area contributed by atoms with Crippen molar-refractivity contribution in [3.8, 4) is 0 Å². The van der Waals surface area contributed by atoms with Gasteiger partial charge in [-0.25, -0.2) is 0 Å². The van der Waals surface area contributed by atoms with Gasteiger partial charge in [0.15, 0.2) is 0 Å². The molecule has 0 aliphatic rings. The Balaban J connectivity index is 2.35. The Kier molecular flexibility index (Phi) is 6.23. The van der Waals surface area contributed by atoms with Gasteiger partial charge in [0.05, 0.1) is 18.2 Å². The van der Waals surface area contributed by atoms with Crippen molar-refractivity contribution in [3.63, 3.8) is 0 Å². The van der Waals surface area contributed by atoms with Crippen molar-refractivity contribution in [2.45, 2.75) is 40.5 Å². The molecule has 0 radical (unpaired) electrons. The fraction of sp³-hybridized carbons (Fsp3) is 0.444. The third-order valence-electron chi connectivity index (χ3n) is 3.60. The summed E-state index contributed by atoms with van der Waals surface area (Å²) >= 11 is 0. The molecular weight excluding hydrogens is 302 g/mol. The quantitative estimate of drug-likeness (QED) is 0.379. The van der Waals surface area contributed by atoms with Crippen LogP contribution in [0.15, 0.2) is 35.4 Å². The van der Waals surface area contributed by atoms with E-state index in [1.54, 1.807) is 7.11 Å². The second kappa shape index (κ2) is 8.38. The van der Waals surface area contributed by atoms with Gasteiger partial charge in [0.1, 0.15) is 17.2 Å². The van der Waals surface area contributed by atoms with E-state index in [1.165, 1.54) is 0 Å². The molecule has 0 saturated heterocycles. The van der Waals surface area contributed by atoms with Crippen LogP contribution >= 0.6 is 0 Å². The second-order valence-electron chi connectivity index (χ2n) is 5.94. The van der Waals surface area contributed by atoms with E-state index in [2.05, 4.69) is 32.5 Å². The number of allylic oxidation sites excluding steroid dienone is 3. The highest BCUT2D eigenvalue weighted by Gasteiger charge is 2.10. The number of hydrogen-bond acceptors (Lipinski definition) is 5. The highest BCUT2D eigenvalue weighted by atomic mass is 16.5. The molecule has 0 amide bonds. The Morgan fingerprint density at radius 3 is 2.75 bits per heavy atom. The molecule has 130 valence electrons. The molecule has 2 aromatic heterocycles. The molecule has 0 aromatic carbocycles. The molecule has 2 heterocycles. The van der Waals surface area contributed by atoms with E-state index in [0.717, 1.165) is 53.3 Å². The van der Waals surface area contributed by atoms with Gasteiger partial charge in [-0.05, 0) is 39.3 Å². The minimum atomic E-state index is 0.535. The molecule has 0 spiro atoms. The number of rotatable bonds is 8. The molecule has 2 rings (SSSR count). The predicted octanol–water partition coefficient (Wildman–Crippen LogP) is 4.43. The number of hydrogen-bond donors (Lipinski definition) is 3. The van der Waals surface area contributed by atoms with Crippen molar-refractivity contribution < 1.29 is 4.74 Å².